The van der Waals surface area contributed by atoms with Crippen molar-refractivity contribution in [3.05, 3.63) is 79.3 Å². The quantitative estimate of drug-likeness (QED) is 0.435. The van der Waals surface area contributed by atoms with Crippen LogP contribution in [0.1, 0.15) is 0 Å². The highest BCUT2D eigenvalue weighted by Gasteiger charge is 2.14. The molecule has 0 atom stereocenters. The lowest BCUT2D eigenvalue weighted by Gasteiger charge is -2.11. The van der Waals surface area contributed by atoms with Crippen LogP contribution >= 0.6 is 0 Å². The van der Waals surface area contributed by atoms with Crippen molar-refractivity contribution in [2.75, 3.05) is 5.32 Å². The molecule has 130 valence electrons. The molecule has 0 saturated heterocycles. The van der Waals surface area contributed by atoms with Crippen molar-refractivity contribution in [3.63, 3.8) is 0 Å². The second-order valence-corrected chi connectivity index (χ2v) is 6.22. The highest BCUT2D eigenvalue weighted by Crippen LogP contribution is 2.34. The van der Waals surface area contributed by atoms with Gasteiger partial charge in [-0.3, -0.25) is 10.2 Å². The number of rotatable bonds is 4. The molecule has 5 aromatic rings. The Bertz CT molecular complexity index is 1210. The van der Waals surface area contributed by atoms with Gasteiger partial charge in [0.1, 0.15) is 5.82 Å². The molecule has 0 saturated carbocycles. The van der Waals surface area contributed by atoms with Crippen LogP contribution in [0.4, 0.5) is 11.5 Å². The maximum absolute atomic E-state index is 4.55. The average molecular weight is 352 g/mol. The Labute approximate surface area is 155 Å². The van der Waals surface area contributed by atoms with E-state index in [4.69, 9.17) is 0 Å². The maximum Gasteiger partial charge on any atom is 0.138 e. The standard InChI is InChI=1S/C21H16N6/c1-2-5-14(6-3-1)20-18(13-24-27-20)17-7-4-10-22-21(17)25-16-9-8-15-12-23-26-19(15)11-16/h1-13H,(H,22,25)(H,23,26)(H,24,27). The Hall–Kier alpha value is -3.93. The lowest BCUT2D eigenvalue weighted by molar-refractivity contribution is 1.10. The topological polar surface area (TPSA) is 82.3 Å². The summed E-state index contributed by atoms with van der Waals surface area (Å²) in [5.74, 6) is 0.773. The van der Waals surface area contributed by atoms with E-state index in [1.807, 2.05) is 60.9 Å². The van der Waals surface area contributed by atoms with Crippen LogP contribution in [0.15, 0.2) is 79.3 Å². The van der Waals surface area contributed by atoms with E-state index in [-0.39, 0.29) is 0 Å². The Morgan fingerprint density at radius 2 is 1.67 bits per heavy atom. The van der Waals surface area contributed by atoms with Crippen molar-refractivity contribution < 1.29 is 0 Å². The summed E-state index contributed by atoms with van der Waals surface area (Å²) >= 11 is 0. The van der Waals surface area contributed by atoms with Gasteiger partial charge in [-0.15, -0.1) is 0 Å². The molecule has 0 unspecified atom stereocenters. The zero-order chi connectivity index (χ0) is 18.1. The molecular formula is C21H16N6. The van der Waals surface area contributed by atoms with E-state index in [0.717, 1.165) is 44.8 Å². The molecule has 3 aromatic heterocycles. The van der Waals surface area contributed by atoms with E-state index in [1.54, 1.807) is 6.20 Å². The Kier molecular flexibility index (Phi) is 3.65. The number of hydrogen-bond donors (Lipinski definition) is 3. The monoisotopic (exact) mass is 352 g/mol. The third kappa shape index (κ3) is 2.83. The lowest BCUT2D eigenvalue weighted by atomic mass is 10.0. The van der Waals surface area contributed by atoms with Crippen LogP contribution in [-0.4, -0.2) is 25.4 Å². The first-order valence-electron chi connectivity index (χ1n) is 8.63. The van der Waals surface area contributed by atoms with Crippen LogP contribution in [0.2, 0.25) is 0 Å². The fraction of sp³-hybridized carbons (Fsp3) is 0. The predicted octanol–water partition coefficient (Wildman–Crippen LogP) is 4.76. The van der Waals surface area contributed by atoms with E-state index in [1.165, 1.54) is 0 Å². The summed E-state index contributed by atoms with van der Waals surface area (Å²) in [6.07, 6.45) is 5.42. The number of H-pyrrole nitrogens is 2. The smallest absolute Gasteiger partial charge is 0.138 e. The fourth-order valence-electron chi connectivity index (χ4n) is 3.19. The molecule has 0 aliphatic rings. The Balaban J connectivity index is 1.57. The van der Waals surface area contributed by atoms with Crippen LogP contribution in [0, 0.1) is 0 Å². The summed E-state index contributed by atoms with van der Waals surface area (Å²) in [6, 6.07) is 20.2. The highest BCUT2D eigenvalue weighted by atomic mass is 15.1. The number of benzene rings is 2. The summed E-state index contributed by atoms with van der Waals surface area (Å²) in [4.78, 5) is 4.55. The van der Waals surface area contributed by atoms with Gasteiger partial charge in [-0.2, -0.15) is 10.2 Å². The summed E-state index contributed by atoms with van der Waals surface area (Å²) in [6.45, 7) is 0. The second kappa shape index (κ2) is 6.42. The Morgan fingerprint density at radius 3 is 2.59 bits per heavy atom. The molecule has 0 spiro atoms. The maximum atomic E-state index is 4.55. The zero-order valence-electron chi connectivity index (χ0n) is 14.3. The van der Waals surface area contributed by atoms with E-state index < -0.39 is 0 Å². The molecule has 27 heavy (non-hydrogen) atoms. The molecule has 3 N–H and O–H groups in total. The molecule has 0 amide bonds. The summed E-state index contributed by atoms with van der Waals surface area (Å²) in [5, 5.41) is 18.9. The number of pyridine rings is 1. The first-order valence-corrected chi connectivity index (χ1v) is 8.63. The van der Waals surface area contributed by atoms with E-state index in [0.29, 0.717) is 0 Å². The first-order chi connectivity index (χ1) is 13.4. The third-order valence-corrected chi connectivity index (χ3v) is 4.50. The van der Waals surface area contributed by atoms with Gasteiger partial charge in [0.05, 0.1) is 23.6 Å². The summed E-state index contributed by atoms with van der Waals surface area (Å²) in [7, 11) is 0. The summed E-state index contributed by atoms with van der Waals surface area (Å²) < 4.78 is 0. The van der Waals surface area contributed by atoms with Gasteiger partial charge in [0.25, 0.3) is 0 Å². The minimum Gasteiger partial charge on any atom is -0.340 e. The van der Waals surface area contributed by atoms with Crippen LogP contribution < -0.4 is 5.32 Å². The largest absolute Gasteiger partial charge is 0.340 e. The molecule has 6 nitrogen and oxygen atoms in total. The van der Waals surface area contributed by atoms with Crippen molar-refractivity contribution >= 4 is 22.4 Å². The van der Waals surface area contributed by atoms with Gasteiger partial charge in [-0.1, -0.05) is 30.3 Å². The summed E-state index contributed by atoms with van der Waals surface area (Å²) in [5.41, 5.74) is 5.95. The van der Waals surface area contributed by atoms with Gasteiger partial charge in [-0.25, -0.2) is 4.98 Å². The van der Waals surface area contributed by atoms with Crippen molar-refractivity contribution in [3.8, 4) is 22.4 Å². The minimum atomic E-state index is 0.773. The molecule has 0 fully saturated rings. The Morgan fingerprint density at radius 1 is 0.778 bits per heavy atom. The van der Waals surface area contributed by atoms with Gasteiger partial charge in [0.15, 0.2) is 0 Å². The van der Waals surface area contributed by atoms with Crippen LogP contribution in [0.3, 0.4) is 0 Å². The molecule has 0 aliphatic carbocycles. The van der Waals surface area contributed by atoms with Crippen molar-refractivity contribution in [2.45, 2.75) is 0 Å². The van der Waals surface area contributed by atoms with Gasteiger partial charge >= 0.3 is 0 Å². The van der Waals surface area contributed by atoms with Crippen LogP contribution in [0.25, 0.3) is 33.3 Å². The van der Waals surface area contributed by atoms with Crippen LogP contribution in [-0.2, 0) is 0 Å². The number of fused-ring (bicyclic) bond motifs is 1. The predicted molar refractivity (Wildman–Crippen MR) is 107 cm³/mol. The van der Waals surface area contributed by atoms with E-state index >= 15 is 0 Å². The lowest BCUT2D eigenvalue weighted by Crippen LogP contribution is -1.96. The molecule has 5 rings (SSSR count). The number of nitrogens with one attached hydrogen (secondary N) is 3. The average Bonchev–Trinajstić information content (AvgIpc) is 3.38. The van der Waals surface area contributed by atoms with Gasteiger partial charge < -0.3 is 5.32 Å². The number of aromatic nitrogens is 5. The number of nitrogens with zero attached hydrogens (tertiary/aromatic N) is 3. The van der Waals surface area contributed by atoms with E-state index in [2.05, 4.69) is 42.8 Å². The van der Waals surface area contributed by atoms with Crippen LogP contribution in [0.5, 0.6) is 0 Å². The van der Waals surface area contributed by atoms with Gasteiger partial charge in [-0.05, 0) is 30.3 Å². The van der Waals surface area contributed by atoms with Crippen molar-refractivity contribution in [2.24, 2.45) is 0 Å². The molecule has 0 bridgehead atoms. The van der Waals surface area contributed by atoms with Crippen molar-refractivity contribution in [1.82, 2.24) is 25.4 Å². The molecule has 0 aliphatic heterocycles. The van der Waals surface area contributed by atoms with Crippen molar-refractivity contribution in [1.29, 1.82) is 0 Å². The third-order valence-electron chi connectivity index (χ3n) is 4.50. The first kappa shape index (κ1) is 15.3. The molecule has 3 heterocycles. The number of anilines is 2. The fourth-order valence-corrected chi connectivity index (χ4v) is 3.19. The normalized spacial score (nSPS) is 11.0. The van der Waals surface area contributed by atoms with Gasteiger partial charge in [0.2, 0.25) is 0 Å². The molecule has 0 radical (unpaired) electrons. The number of aromatic amines is 2. The number of hydrogen-bond acceptors (Lipinski definition) is 4. The zero-order valence-corrected chi connectivity index (χ0v) is 14.3. The molecular weight excluding hydrogens is 336 g/mol. The van der Waals surface area contributed by atoms with E-state index in [9.17, 15) is 0 Å². The molecule has 6 heteroatoms. The highest BCUT2D eigenvalue weighted by molar-refractivity contribution is 5.88. The van der Waals surface area contributed by atoms with Gasteiger partial charge in [0, 0.05) is 34.0 Å². The second-order valence-electron chi connectivity index (χ2n) is 6.22. The minimum absolute atomic E-state index is 0.773. The SMILES string of the molecule is c1ccc(-c2[nH]ncc2-c2cccnc2Nc2ccc3cn[nH]c3c2)cc1. The molecule has 2 aromatic carbocycles.